The number of hydrogen-bond donors (Lipinski definition) is 0. The molecule has 2 rings (SSSR count). The number of nitrogens with zero attached hydrogens (tertiary/aromatic N) is 1. The van der Waals surface area contributed by atoms with E-state index in [1.807, 2.05) is 6.07 Å². The van der Waals surface area contributed by atoms with Crippen molar-refractivity contribution >= 4 is 33.2 Å². The van der Waals surface area contributed by atoms with Crippen molar-refractivity contribution in [1.29, 1.82) is 0 Å². The van der Waals surface area contributed by atoms with Crippen molar-refractivity contribution in [2.24, 2.45) is 0 Å². The van der Waals surface area contributed by atoms with E-state index < -0.39 is 10.0 Å². The lowest BCUT2D eigenvalue weighted by atomic mass is 10.2. The summed E-state index contributed by atoms with van der Waals surface area (Å²) < 4.78 is 26.2. The molecule has 0 aromatic heterocycles. The number of benzene rings is 2. The van der Waals surface area contributed by atoms with Gasteiger partial charge in [-0.25, -0.2) is 8.42 Å². The van der Waals surface area contributed by atoms with Gasteiger partial charge in [0.05, 0.1) is 5.02 Å². The summed E-state index contributed by atoms with van der Waals surface area (Å²) in [5.74, 6) is 0. The second-order valence-corrected chi connectivity index (χ2v) is 7.11. The normalized spacial score (nSPS) is 11.8. The summed E-state index contributed by atoms with van der Waals surface area (Å²) in [4.78, 5) is 0.0937. The molecule has 0 aliphatic heterocycles. The largest absolute Gasteiger partial charge is 0.244 e. The monoisotopic (exact) mass is 329 g/mol. The van der Waals surface area contributed by atoms with Crippen LogP contribution in [-0.4, -0.2) is 19.8 Å². The van der Waals surface area contributed by atoms with Crippen LogP contribution in [0.25, 0.3) is 0 Å². The summed E-state index contributed by atoms with van der Waals surface area (Å²) >= 11 is 12.0. The van der Waals surface area contributed by atoms with E-state index >= 15 is 0 Å². The first-order valence-electron chi connectivity index (χ1n) is 5.87. The zero-order valence-corrected chi connectivity index (χ0v) is 13.1. The minimum absolute atomic E-state index is 0.0937. The molecule has 2 aromatic rings. The van der Waals surface area contributed by atoms with E-state index in [-0.39, 0.29) is 16.5 Å². The van der Waals surface area contributed by atoms with Crippen LogP contribution < -0.4 is 0 Å². The van der Waals surface area contributed by atoms with Crippen LogP contribution >= 0.6 is 23.2 Å². The standard InChI is InChI=1S/C14H13Cl2NO2S/c1-17(10-11-6-2-3-7-12(11)15)20(18,19)14-9-5-4-8-13(14)16/h2-9H,10H2,1H3. The van der Waals surface area contributed by atoms with E-state index in [4.69, 9.17) is 23.2 Å². The molecular weight excluding hydrogens is 317 g/mol. The van der Waals surface area contributed by atoms with E-state index in [0.717, 1.165) is 5.56 Å². The molecule has 0 bridgehead atoms. The molecule has 0 aliphatic rings. The molecule has 0 spiro atoms. The van der Waals surface area contributed by atoms with Crippen molar-refractivity contribution < 1.29 is 8.42 Å². The zero-order chi connectivity index (χ0) is 14.8. The molecule has 0 aliphatic carbocycles. The fourth-order valence-corrected chi connectivity index (χ4v) is 3.61. The second-order valence-electron chi connectivity index (χ2n) is 4.28. The van der Waals surface area contributed by atoms with Gasteiger partial charge in [0.15, 0.2) is 0 Å². The molecule has 0 fully saturated rings. The Balaban J connectivity index is 2.31. The van der Waals surface area contributed by atoms with Gasteiger partial charge in [-0.1, -0.05) is 53.5 Å². The maximum absolute atomic E-state index is 12.5. The first-order chi connectivity index (χ1) is 9.43. The summed E-state index contributed by atoms with van der Waals surface area (Å²) in [5.41, 5.74) is 0.743. The fourth-order valence-electron chi connectivity index (χ4n) is 1.77. The molecule has 0 atom stereocenters. The van der Waals surface area contributed by atoms with Crippen LogP contribution in [0.1, 0.15) is 5.56 Å². The summed E-state index contributed by atoms with van der Waals surface area (Å²) in [5, 5.41) is 0.743. The Bertz CT molecular complexity index is 717. The first-order valence-corrected chi connectivity index (χ1v) is 8.07. The molecule has 2 aromatic carbocycles. The molecular formula is C14H13Cl2NO2S. The summed E-state index contributed by atoms with van der Waals surface area (Å²) in [6.07, 6.45) is 0. The van der Waals surface area contributed by atoms with Gasteiger partial charge >= 0.3 is 0 Å². The third-order valence-electron chi connectivity index (χ3n) is 2.88. The van der Waals surface area contributed by atoms with Crippen molar-refractivity contribution in [3.8, 4) is 0 Å². The highest BCUT2D eigenvalue weighted by atomic mass is 35.5. The Kier molecular flexibility index (Phi) is 4.70. The quantitative estimate of drug-likeness (QED) is 0.855. The average molecular weight is 330 g/mol. The average Bonchev–Trinajstić information content (AvgIpc) is 2.41. The van der Waals surface area contributed by atoms with Crippen molar-refractivity contribution in [2.45, 2.75) is 11.4 Å². The van der Waals surface area contributed by atoms with E-state index in [1.54, 1.807) is 36.4 Å². The van der Waals surface area contributed by atoms with E-state index in [0.29, 0.717) is 5.02 Å². The molecule has 0 saturated carbocycles. The van der Waals surface area contributed by atoms with Crippen LogP contribution in [-0.2, 0) is 16.6 Å². The van der Waals surface area contributed by atoms with Crippen LogP contribution in [0.2, 0.25) is 10.0 Å². The van der Waals surface area contributed by atoms with Crippen molar-refractivity contribution in [2.75, 3.05) is 7.05 Å². The lowest BCUT2D eigenvalue weighted by molar-refractivity contribution is 0.467. The van der Waals surface area contributed by atoms with Gasteiger partial charge in [0, 0.05) is 18.6 Å². The minimum atomic E-state index is -3.64. The van der Waals surface area contributed by atoms with Gasteiger partial charge in [-0.05, 0) is 23.8 Å². The topological polar surface area (TPSA) is 37.4 Å². The molecule has 0 N–H and O–H groups in total. The highest BCUT2D eigenvalue weighted by molar-refractivity contribution is 7.89. The van der Waals surface area contributed by atoms with Gasteiger partial charge in [-0.15, -0.1) is 0 Å². The van der Waals surface area contributed by atoms with Crippen molar-refractivity contribution in [3.63, 3.8) is 0 Å². The molecule has 0 saturated heterocycles. The predicted molar refractivity (Wildman–Crippen MR) is 81.6 cm³/mol. The Morgan fingerprint density at radius 1 is 0.950 bits per heavy atom. The predicted octanol–water partition coefficient (Wildman–Crippen LogP) is 3.81. The minimum Gasteiger partial charge on any atom is -0.207 e. The number of sulfonamides is 1. The maximum atomic E-state index is 12.5. The lowest BCUT2D eigenvalue weighted by Crippen LogP contribution is -2.26. The Morgan fingerprint density at radius 3 is 2.10 bits per heavy atom. The van der Waals surface area contributed by atoms with E-state index in [2.05, 4.69) is 0 Å². The summed E-state index contributed by atoms with van der Waals surface area (Å²) in [6, 6.07) is 13.5. The first kappa shape index (κ1) is 15.3. The molecule has 0 unspecified atom stereocenters. The number of hydrogen-bond acceptors (Lipinski definition) is 2. The van der Waals surface area contributed by atoms with Gasteiger partial charge in [0.25, 0.3) is 0 Å². The summed E-state index contributed by atoms with van der Waals surface area (Å²) in [7, 11) is -2.14. The molecule has 106 valence electrons. The van der Waals surface area contributed by atoms with Gasteiger partial charge in [-0.3, -0.25) is 0 Å². The Morgan fingerprint density at radius 2 is 1.50 bits per heavy atom. The SMILES string of the molecule is CN(Cc1ccccc1Cl)S(=O)(=O)c1ccccc1Cl. The molecule has 6 heteroatoms. The second kappa shape index (κ2) is 6.14. The smallest absolute Gasteiger partial charge is 0.207 e. The van der Waals surface area contributed by atoms with Crippen LogP contribution in [0.15, 0.2) is 53.4 Å². The molecule has 3 nitrogen and oxygen atoms in total. The molecule has 20 heavy (non-hydrogen) atoms. The van der Waals surface area contributed by atoms with Gasteiger partial charge < -0.3 is 0 Å². The summed E-state index contributed by atoms with van der Waals surface area (Å²) in [6.45, 7) is 0.188. The van der Waals surface area contributed by atoms with Crippen LogP contribution in [0.3, 0.4) is 0 Å². The Hall–Kier alpha value is -1.07. The van der Waals surface area contributed by atoms with E-state index in [1.165, 1.54) is 17.4 Å². The lowest BCUT2D eigenvalue weighted by Gasteiger charge is -2.18. The van der Waals surface area contributed by atoms with Gasteiger partial charge in [0.2, 0.25) is 10.0 Å². The van der Waals surface area contributed by atoms with Crippen molar-refractivity contribution in [1.82, 2.24) is 4.31 Å². The number of rotatable bonds is 4. The van der Waals surface area contributed by atoms with Gasteiger partial charge in [-0.2, -0.15) is 4.31 Å². The zero-order valence-electron chi connectivity index (χ0n) is 10.8. The van der Waals surface area contributed by atoms with Crippen LogP contribution in [0.5, 0.6) is 0 Å². The van der Waals surface area contributed by atoms with Gasteiger partial charge in [0.1, 0.15) is 4.90 Å². The highest BCUT2D eigenvalue weighted by Crippen LogP contribution is 2.25. The third kappa shape index (κ3) is 3.15. The molecule has 0 radical (unpaired) electrons. The van der Waals surface area contributed by atoms with Crippen LogP contribution in [0, 0.1) is 0 Å². The fraction of sp³-hybridized carbons (Fsp3) is 0.143. The van der Waals surface area contributed by atoms with Crippen molar-refractivity contribution in [3.05, 3.63) is 64.1 Å². The molecule has 0 amide bonds. The third-order valence-corrected chi connectivity index (χ3v) is 5.55. The highest BCUT2D eigenvalue weighted by Gasteiger charge is 2.23. The van der Waals surface area contributed by atoms with Crippen LogP contribution in [0.4, 0.5) is 0 Å². The molecule has 0 heterocycles. The van der Waals surface area contributed by atoms with E-state index in [9.17, 15) is 8.42 Å². The number of halogens is 2. The maximum Gasteiger partial charge on any atom is 0.244 e. The Labute approximate surface area is 128 Å².